The summed E-state index contributed by atoms with van der Waals surface area (Å²) in [4.78, 5) is 17.3. The molecule has 1 aromatic heterocycles. The van der Waals surface area contributed by atoms with E-state index in [0.717, 1.165) is 45.0 Å². The quantitative estimate of drug-likeness (QED) is 0.485. The molecule has 4 rings (SSSR count). The molecule has 0 atom stereocenters. The summed E-state index contributed by atoms with van der Waals surface area (Å²) >= 11 is 1.35. The Bertz CT molecular complexity index is 1010. The van der Waals surface area contributed by atoms with Crippen LogP contribution in [0.5, 0.6) is 0 Å². The Labute approximate surface area is 199 Å². The zero-order valence-electron chi connectivity index (χ0n) is 19.2. The lowest BCUT2D eigenvalue weighted by molar-refractivity contribution is -0.113. The third kappa shape index (κ3) is 6.79. The number of nitrogens with one attached hydrogen (secondary N) is 1. The smallest absolute Gasteiger partial charge is 0.234 e. The average Bonchev–Trinajstić information content (AvgIpc) is 3.26. The molecule has 9 heteroatoms. The minimum atomic E-state index is -0.0682. The lowest BCUT2D eigenvalue weighted by atomic mass is 10.2. The van der Waals surface area contributed by atoms with Crippen LogP contribution in [-0.2, 0) is 17.9 Å². The van der Waals surface area contributed by atoms with Gasteiger partial charge >= 0.3 is 0 Å². The number of benzene rings is 2. The van der Waals surface area contributed by atoms with Gasteiger partial charge in [-0.05, 0) is 46.2 Å². The molecule has 1 aliphatic heterocycles. The minimum absolute atomic E-state index is 0.0682. The van der Waals surface area contributed by atoms with Crippen molar-refractivity contribution in [1.82, 2.24) is 25.1 Å². The van der Waals surface area contributed by atoms with Gasteiger partial charge in [-0.1, -0.05) is 55.9 Å². The number of carbonyl (C=O) groups is 1. The van der Waals surface area contributed by atoms with Crippen molar-refractivity contribution < 1.29 is 4.79 Å². The van der Waals surface area contributed by atoms with Gasteiger partial charge < -0.3 is 10.2 Å². The summed E-state index contributed by atoms with van der Waals surface area (Å²) in [5, 5.41) is 15.4. The maximum atomic E-state index is 12.4. The highest BCUT2D eigenvalue weighted by Gasteiger charge is 2.17. The van der Waals surface area contributed by atoms with E-state index >= 15 is 0 Å². The normalized spacial score (nSPS) is 14.6. The molecular weight excluding hydrogens is 434 g/mol. The first-order valence-corrected chi connectivity index (χ1v) is 12.4. The van der Waals surface area contributed by atoms with Crippen molar-refractivity contribution in [2.75, 3.05) is 42.1 Å². The van der Waals surface area contributed by atoms with Crippen LogP contribution in [0.1, 0.15) is 19.4 Å². The van der Waals surface area contributed by atoms with Gasteiger partial charge in [0.15, 0.2) is 0 Å². The van der Waals surface area contributed by atoms with Crippen molar-refractivity contribution >= 4 is 29.0 Å². The Hall–Kier alpha value is -2.91. The van der Waals surface area contributed by atoms with Gasteiger partial charge in [0.2, 0.25) is 11.1 Å². The Morgan fingerprint density at radius 3 is 2.45 bits per heavy atom. The number of nitrogens with zero attached hydrogens (tertiary/aromatic N) is 6. The number of piperazine rings is 1. The Morgan fingerprint density at radius 2 is 1.76 bits per heavy atom. The summed E-state index contributed by atoms with van der Waals surface area (Å²) in [6.07, 6.45) is 0. The van der Waals surface area contributed by atoms with Crippen molar-refractivity contribution in [1.29, 1.82) is 0 Å². The van der Waals surface area contributed by atoms with Crippen molar-refractivity contribution in [3.05, 3.63) is 60.2 Å². The molecule has 1 N–H and O–H groups in total. The lowest BCUT2D eigenvalue weighted by Crippen LogP contribution is -2.45. The number of tetrazole rings is 1. The fraction of sp³-hybridized carbons (Fsp3) is 0.417. The van der Waals surface area contributed by atoms with E-state index in [4.69, 9.17) is 0 Å². The molecule has 0 saturated carbocycles. The molecule has 0 radical (unpaired) electrons. The van der Waals surface area contributed by atoms with E-state index in [9.17, 15) is 4.79 Å². The van der Waals surface area contributed by atoms with E-state index in [1.165, 1.54) is 23.0 Å². The van der Waals surface area contributed by atoms with Crippen molar-refractivity contribution in [2.24, 2.45) is 5.92 Å². The first-order valence-electron chi connectivity index (χ1n) is 11.4. The number of rotatable bonds is 9. The van der Waals surface area contributed by atoms with Gasteiger partial charge in [-0.2, -0.15) is 0 Å². The minimum Gasteiger partial charge on any atom is -0.369 e. The molecule has 0 spiro atoms. The van der Waals surface area contributed by atoms with Gasteiger partial charge in [0.05, 0.1) is 5.75 Å². The number of hydrogen-bond acceptors (Lipinski definition) is 7. The summed E-state index contributed by atoms with van der Waals surface area (Å²) in [7, 11) is 0. The summed E-state index contributed by atoms with van der Waals surface area (Å²) < 4.78 is 1.75. The molecule has 1 saturated heterocycles. The van der Waals surface area contributed by atoms with Crippen LogP contribution in [0.3, 0.4) is 0 Å². The molecule has 8 nitrogen and oxygen atoms in total. The fourth-order valence-electron chi connectivity index (χ4n) is 3.85. The van der Waals surface area contributed by atoms with E-state index < -0.39 is 0 Å². The van der Waals surface area contributed by atoms with Crippen LogP contribution in [0.2, 0.25) is 0 Å². The van der Waals surface area contributed by atoms with E-state index in [0.29, 0.717) is 11.1 Å². The van der Waals surface area contributed by atoms with Gasteiger partial charge in [0.1, 0.15) is 0 Å². The van der Waals surface area contributed by atoms with Crippen molar-refractivity contribution in [3.8, 4) is 0 Å². The van der Waals surface area contributed by atoms with E-state index in [-0.39, 0.29) is 11.7 Å². The molecule has 0 unspecified atom stereocenters. The summed E-state index contributed by atoms with van der Waals surface area (Å²) in [6.45, 7) is 10.0. The molecule has 2 heterocycles. The highest BCUT2D eigenvalue weighted by atomic mass is 32.2. The molecule has 174 valence electrons. The largest absolute Gasteiger partial charge is 0.369 e. The molecule has 1 amide bonds. The first kappa shape index (κ1) is 23.3. The third-order valence-corrected chi connectivity index (χ3v) is 6.46. The number of amides is 1. The third-order valence-electron chi connectivity index (χ3n) is 5.51. The molecule has 2 aromatic carbocycles. The van der Waals surface area contributed by atoms with Gasteiger partial charge in [0, 0.05) is 50.6 Å². The highest BCUT2D eigenvalue weighted by Crippen LogP contribution is 2.21. The molecule has 0 aliphatic carbocycles. The Balaban J connectivity index is 1.22. The predicted octanol–water partition coefficient (Wildman–Crippen LogP) is 3.38. The zero-order chi connectivity index (χ0) is 23.0. The van der Waals surface area contributed by atoms with Crippen LogP contribution in [0.25, 0.3) is 0 Å². The predicted molar refractivity (Wildman–Crippen MR) is 132 cm³/mol. The number of anilines is 2. The van der Waals surface area contributed by atoms with E-state index in [1.807, 2.05) is 12.1 Å². The lowest BCUT2D eigenvalue weighted by Gasteiger charge is -2.36. The second-order valence-electron chi connectivity index (χ2n) is 8.67. The SMILES string of the molecule is CC(C)Cn1nnnc1SCC(=O)Nc1ccc(N2CCN(Cc3ccccc3)CC2)cc1. The molecule has 3 aromatic rings. The number of hydrogen-bond donors (Lipinski definition) is 1. The first-order chi connectivity index (χ1) is 16.1. The molecular formula is C24H31N7OS. The van der Waals surface area contributed by atoms with Crippen LogP contribution in [0, 0.1) is 5.92 Å². The van der Waals surface area contributed by atoms with Crippen LogP contribution >= 0.6 is 11.8 Å². The number of thioether (sulfide) groups is 1. The van der Waals surface area contributed by atoms with Crippen molar-refractivity contribution in [2.45, 2.75) is 32.1 Å². The van der Waals surface area contributed by atoms with Gasteiger partial charge in [-0.3, -0.25) is 9.69 Å². The summed E-state index contributed by atoms with van der Waals surface area (Å²) in [6, 6.07) is 18.7. The Kier molecular flexibility index (Phi) is 7.96. The maximum absolute atomic E-state index is 12.4. The fourth-order valence-corrected chi connectivity index (χ4v) is 4.54. The monoisotopic (exact) mass is 465 g/mol. The number of aromatic nitrogens is 4. The second kappa shape index (κ2) is 11.3. The number of carbonyl (C=O) groups excluding carboxylic acids is 1. The summed E-state index contributed by atoms with van der Waals surface area (Å²) in [5.41, 5.74) is 3.35. The summed E-state index contributed by atoms with van der Waals surface area (Å²) in [5.74, 6) is 0.636. The van der Waals surface area contributed by atoms with E-state index in [2.05, 4.69) is 87.0 Å². The van der Waals surface area contributed by atoms with Crippen molar-refractivity contribution in [3.63, 3.8) is 0 Å². The average molecular weight is 466 g/mol. The van der Waals surface area contributed by atoms with Gasteiger partial charge in [-0.25, -0.2) is 4.68 Å². The Morgan fingerprint density at radius 1 is 1.03 bits per heavy atom. The van der Waals surface area contributed by atoms with Crippen LogP contribution in [-0.4, -0.2) is 62.9 Å². The molecule has 0 bridgehead atoms. The topological polar surface area (TPSA) is 79.2 Å². The molecule has 1 aliphatic rings. The van der Waals surface area contributed by atoms with Gasteiger partial charge in [-0.15, -0.1) is 5.10 Å². The molecule has 1 fully saturated rings. The van der Waals surface area contributed by atoms with Gasteiger partial charge in [0.25, 0.3) is 0 Å². The van der Waals surface area contributed by atoms with Crippen LogP contribution in [0.15, 0.2) is 59.8 Å². The van der Waals surface area contributed by atoms with E-state index in [1.54, 1.807) is 4.68 Å². The maximum Gasteiger partial charge on any atom is 0.234 e. The zero-order valence-corrected chi connectivity index (χ0v) is 20.0. The highest BCUT2D eigenvalue weighted by molar-refractivity contribution is 7.99. The van der Waals surface area contributed by atoms with Crippen LogP contribution in [0.4, 0.5) is 11.4 Å². The van der Waals surface area contributed by atoms with Crippen LogP contribution < -0.4 is 10.2 Å². The molecule has 33 heavy (non-hydrogen) atoms. The standard InChI is InChI=1S/C24H31N7OS/c1-19(2)16-31-24(26-27-28-31)33-18-23(32)25-21-8-10-22(11-9-21)30-14-12-29(13-15-30)17-20-6-4-3-5-7-20/h3-11,19H,12-18H2,1-2H3,(H,25,32). The second-order valence-corrected chi connectivity index (χ2v) is 9.61.